The number of rotatable bonds is 3. The van der Waals surface area contributed by atoms with Crippen molar-refractivity contribution in [2.75, 3.05) is 13.2 Å². The number of nitrogens with one attached hydrogen (secondary N) is 1. The lowest BCUT2D eigenvalue weighted by atomic mass is 10.0. The lowest BCUT2D eigenvalue weighted by Crippen LogP contribution is -2.38. The highest BCUT2D eigenvalue weighted by atomic mass is 35.5. The molecule has 2 aliphatic rings. The van der Waals surface area contributed by atoms with E-state index >= 15 is 0 Å². The molecule has 1 saturated heterocycles. The molecule has 4 nitrogen and oxygen atoms in total. The van der Waals surface area contributed by atoms with E-state index in [1.165, 1.54) is 18.4 Å². The fourth-order valence-electron chi connectivity index (χ4n) is 2.75. The van der Waals surface area contributed by atoms with Crippen molar-refractivity contribution in [3.63, 3.8) is 0 Å². The summed E-state index contributed by atoms with van der Waals surface area (Å²) in [6.07, 6.45) is 3.40. The number of carbonyl (C=O) groups excluding carboxylic acids is 1. The first-order valence-electron chi connectivity index (χ1n) is 7.33. The quantitative estimate of drug-likeness (QED) is 0.929. The van der Waals surface area contributed by atoms with E-state index in [1.54, 1.807) is 6.07 Å². The molecule has 2 atom stereocenters. The molecule has 3 rings (SSSR count). The molecule has 2 aliphatic heterocycles. The Hall–Kier alpha value is -1.59. The lowest BCUT2D eigenvalue weighted by molar-refractivity contribution is -0.119. The Bertz CT molecular complexity index is 605. The van der Waals surface area contributed by atoms with E-state index in [-0.39, 0.29) is 23.1 Å². The molecule has 0 aromatic heterocycles. The molecule has 1 fully saturated rings. The van der Waals surface area contributed by atoms with Crippen LogP contribution in [-0.2, 0) is 14.3 Å². The molecule has 22 heavy (non-hydrogen) atoms. The molecule has 0 unspecified atom stereocenters. The average Bonchev–Trinajstić information content (AvgIpc) is 2.99. The molecule has 1 aromatic carbocycles. The van der Waals surface area contributed by atoms with Crippen LogP contribution in [0, 0.1) is 5.82 Å². The molecule has 118 valence electrons. The maximum atomic E-state index is 13.6. The van der Waals surface area contributed by atoms with Gasteiger partial charge >= 0.3 is 0 Å². The average molecular weight is 326 g/mol. The summed E-state index contributed by atoms with van der Waals surface area (Å²) in [7, 11) is 0. The molecule has 0 spiro atoms. The highest BCUT2D eigenvalue weighted by Crippen LogP contribution is 2.31. The normalized spacial score (nSPS) is 24.5. The summed E-state index contributed by atoms with van der Waals surface area (Å²) in [6.45, 7) is 1.17. The summed E-state index contributed by atoms with van der Waals surface area (Å²) < 4.78 is 24.5. The zero-order chi connectivity index (χ0) is 15.5. The maximum Gasteiger partial charge on any atom is 0.250 e. The van der Waals surface area contributed by atoms with Crippen LogP contribution >= 0.6 is 11.6 Å². The molecule has 0 bridgehead atoms. The van der Waals surface area contributed by atoms with Crippen molar-refractivity contribution >= 4 is 17.5 Å². The van der Waals surface area contributed by atoms with Gasteiger partial charge in [-0.05, 0) is 37.0 Å². The van der Waals surface area contributed by atoms with Gasteiger partial charge in [0, 0.05) is 6.61 Å². The third-order valence-corrected chi connectivity index (χ3v) is 4.21. The standard InChI is InChI=1S/C16H17ClFNO3/c17-12-4-3-10(8-13(12)18)15-14(5-7-22-15)19-16(20)11-2-1-6-21-9-11/h3-4,8-9,14-15H,1-2,5-7H2,(H,19,20)/t14-,15-/m0/s1. The Morgan fingerprint density at radius 2 is 2.23 bits per heavy atom. The fraction of sp³-hybridized carbons (Fsp3) is 0.438. The van der Waals surface area contributed by atoms with Gasteiger partial charge < -0.3 is 14.8 Å². The van der Waals surface area contributed by atoms with Gasteiger partial charge in [-0.25, -0.2) is 4.39 Å². The molecule has 0 radical (unpaired) electrons. The van der Waals surface area contributed by atoms with E-state index < -0.39 is 5.82 Å². The van der Waals surface area contributed by atoms with Crippen LogP contribution in [0.3, 0.4) is 0 Å². The van der Waals surface area contributed by atoms with Gasteiger partial charge in [0.1, 0.15) is 11.9 Å². The summed E-state index contributed by atoms with van der Waals surface area (Å²) in [5.74, 6) is -0.627. The zero-order valence-corrected chi connectivity index (χ0v) is 12.7. The minimum Gasteiger partial charge on any atom is -0.501 e. The number of amides is 1. The first-order valence-corrected chi connectivity index (χ1v) is 7.71. The number of carbonyl (C=O) groups is 1. The molecular formula is C16H17ClFNO3. The van der Waals surface area contributed by atoms with E-state index in [9.17, 15) is 9.18 Å². The van der Waals surface area contributed by atoms with E-state index in [0.717, 1.165) is 6.42 Å². The maximum absolute atomic E-state index is 13.6. The Balaban J connectivity index is 1.71. The highest BCUT2D eigenvalue weighted by molar-refractivity contribution is 6.30. The van der Waals surface area contributed by atoms with Gasteiger partial charge in [0.25, 0.3) is 5.91 Å². The predicted molar refractivity (Wildman–Crippen MR) is 79.9 cm³/mol. The summed E-state index contributed by atoms with van der Waals surface area (Å²) in [5.41, 5.74) is 1.32. The number of hydrogen-bond acceptors (Lipinski definition) is 3. The van der Waals surface area contributed by atoms with Crippen LogP contribution in [0.4, 0.5) is 4.39 Å². The number of hydrogen-bond donors (Lipinski definition) is 1. The van der Waals surface area contributed by atoms with Crippen molar-refractivity contribution in [1.82, 2.24) is 5.32 Å². The molecule has 0 aliphatic carbocycles. The summed E-state index contributed by atoms with van der Waals surface area (Å²) in [6, 6.07) is 4.41. The van der Waals surface area contributed by atoms with Crippen LogP contribution in [-0.4, -0.2) is 25.2 Å². The van der Waals surface area contributed by atoms with E-state index in [4.69, 9.17) is 21.1 Å². The Labute approximate surface area is 133 Å². The second kappa shape index (κ2) is 6.67. The van der Waals surface area contributed by atoms with Crippen LogP contribution in [0.5, 0.6) is 0 Å². The minimum absolute atomic E-state index is 0.0758. The number of halogens is 2. The van der Waals surface area contributed by atoms with Gasteiger partial charge in [-0.2, -0.15) is 0 Å². The van der Waals surface area contributed by atoms with Gasteiger partial charge in [0.2, 0.25) is 0 Å². The Morgan fingerprint density at radius 3 is 2.95 bits per heavy atom. The van der Waals surface area contributed by atoms with Crippen molar-refractivity contribution in [3.05, 3.63) is 46.4 Å². The van der Waals surface area contributed by atoms with Crippen molar-refractivity contribution in [2.24, 2.45) is 0 Å². The van der Waals surface area contributed by atoms with Crippen LogP contribution in [0.1, 0.15) is 30.9 Å². The molecule has 1 amide bonds. The van der Waals surface area contributed by atoms with Gasteiger partial charge in [0.05, 0.1) is 29.5 Å². The topological polar surface area (TPSA) is 47.6 Å². The predicted octanol–water partition coefficient (Wildman–Crippen LogP) is 3.12. The Morgan fingerprint density at radius 1 is 1.36 bits per heavy atom. The van der Waals surface area contributed by atoms with E-state index in [0.29, 0.717) is 37.2 Å². The zero-order valence-electron chi connectivity index (χ0n) is 12.0. The third-order valence-electron chi connectivity index (χ3n) is 3.91. The van der Waals surface area contributed by atoms with Crippen molar-refractivity contribution in [1.29, 1.82) is 0 Å². The van der Waals surface area contributed by atoms with Gasteiger partial charge in [0.15, 0.2) is 0 Å². The van der Waals surface area contributed by atoms with Crippen LogP contribution in [0.25, 0.3) is 0 Å². The first-order chi connectivity index (χ1) is 10.6. The summed E-state index contributed by atoms with van der Waals surface area (Å²) in [4.78, 5) is 12.2. The minimum atomic E-state index is -0.483. The Kier molecular flexibility index (Phi) is 4.64. The second-order valence-corrected chi connectivity index (χ2v) is 5.86. The van der Waals surface area contributed by atoms with Crippen molar-refractivity contribution in [3.8, 4) is 0 Å². The number of benzene rings is 1. The van der Waals surface area contributed by atoms with E-state index in [2.05, 4.69) is 5.32 Å². The lowest BCUT2D eigenvalue weighted by Gasteiger charge is -2.22. The largest absolute Gasteiger partial charge is 0.501 e. The first kappa shape index (κ1) is 15.3. The summed E-state index contributed by atoms with van der Waals surface area (Å²) in [5, 5.41) is 3.04. The molecular weight excluding hydrogens is 309 g/mol. The van der Waals surface area contributed by atoms with Gasteiger partial charge in [-0.15, -0.1) is 0 Å². The summed E-state index contributed by atoms with van der Waals surface area (Å²) >= 11 is 5.70. The molecule has 2 heterocycles. The van der Waals surface area contributed by atoms with E-state index in [1.807, 2.05) is 0 Å². The fourth-order valence-corrected chi connectivity index (χ4v) is 2.87. The number of ether oxygens (including phenoxy) is 2. The van der Waals surface area contributed by atoms with Gasteiger partial charge in [-0.3, -0.25) is 4.79 Å². The van der Waals surface area contributed by atoms with Crippen LogP contribution in [0.2, 0.25) is 5.02 Å². The third kappa shape index (κ3) is 3.25. The SMILES string of the molecule is O=C(N[C@H]1CCO[C@H]1c1ccc(Cl)c(F)c1)C1=COCCC1. The second-order valence-electron chi connectivity index (χ2n) is 5.45. The monoisotopic (exact) mass is 325 g/mol. The molecule has 6 heteroatoms. The smallest absolute Gasteiger partial charge is 0.250 e. The van der Waals surface area contributed by atoms with Crippen molar-refractivity contribution < 1.29 is 18.7 Å². The van der Waals surface area contributed by atoms with Gasteiger partial charge in [-0.1, -0.05) is 17.7 Å². The van der Waals surface area contributed by atoms with Crippen molar-refractivity contribution in [2.45, 2.75) is 31.4 Å². The molecule has 1 N–H and O–H groups in total. The van der Waals surface area contributed by atoms with Crippen LogP contribution in [0.15, 0.2) is 30.0 Å². The molecule has 1 aromatic rings. The van der Waals surface area contributed by atoms with Crippen LogP contribution < -0.4 is 5.32 Å². The highest BCUT2D eigenvalue weighted by Gasteiger charge is 2.32. The molecule has 0 saturated carbocycles.